The number of thiocarbonyl (C=S) groups is 1. The van der Waals surface area contributed by atoms with E-state index in [9.17, 15) is 5.11 Å². The van der Waals surface area contributed by atoms with Crippen molar-refractivity contribution in [3.05, 3.63) is 96.1 Å². The van der Waals surface area contributed by atoms with E-state index < -0.39 is 0 Å². The lowest BCUT2D eigenvalue weighted by Gasteiger charge is -2.25. The molecule has 1 aliphatic rings. The predicted octanol–water partition coefficient (Wildman–Crippen LogP) is 6.11. The normalized spacial score (nSPS) is 15.1. The molecule has 0 bridgehead atoms. The van der Waals surface area contributed by atoms with Gasteiger partial charge in [-0.2, -0.15) is 5.10 Å². The average molecular weight is 484 g/mol. The maximum atomic E-state index is 11.1. The summed E-state index contributed by atoms with van der Waals surface area (Å²) in [6, 6.07) is 27.0. The van der Waals surface area contributed by atoms with Gasteiger partial charge < -0.3 is 19.9 Å². The number of nitrogens with one attached hydrogen (secondary N) is 1. The predicted molar refractivity (Wildman–Crippen MR) is 144 cm³/mol. The SMILES string of the molecule is COc1ccc(C2CC(c3ccc4ccccc4c3O)=NN2C(=S)Nc2ccccc2OC)cc1. The van der Waals surface area contributed by atoms with Crippen molar-refractivity contribution in [3.63, 3.8) is 0 Å². The van der Waals surface area contributed by atoms with Gasteiger partial charge in [-0.1, -0.05) is 54.6 Å². The number of para-hydroxylation sites is 2. The van der Waals surface area contributed by atoms with Crippen molar-refractivity contribution in [1.82, 2.24) is 5.01 Å². The number of rotatable bonds is 5. The van der Waals surface area contributed by atoms with Crippen molar-refractivity contribution in [2.24, 2.45) is 5.10 Å². The Morgan fingerprint density at radius 1 is 0.943 bits per heavy atom. The van der Waals surface area contributed by atoms with E-state index in [2.05, 4.69) is 5.32 Å². The first-order valence-corrected chi connectivity index (χ1v) is 11.7. The van der Waals surface area contributed by atoms with Crippen LogP contribution in [-0.2, 0) is 0 Å². The minimum Gasteiger partial charge on any atom is -0.507 e. The van der Waals surface area contributed by atoms with E-state index in [1.54, 1.807) is 19.2 Å². The highest BCUT2D eigenvalue weighted by molar-refractivity contribution is 7.80. The zero-order chi connectivity index (χ0) is 24.4. The Kier molecular flexibility index (Phi) is 6.25. The minimum absolute atomic E-state index is 0.156. The Hall–Kier alpha value is -4.10. The number of phenols is 1. The first-order chi connectivity index (χ1) is 17.1. The van der Waals surface area contributed by atoms with Crippen LogP contribution in [0.5, 0.6) is 17.2 Å². The van der Waals surface area contributed by atoms with Gasteiger partial charge in [-0.25, -0.2) is 5.01 Å². The molecule has 6 nitrogen and oxygen atoms in total. The molecule has 35 heavy (non-hydrogen) atoms. The summed E-state index contributed by atoms with van der Waals surface area (Å²) in [5, 5.41) is 23.3. The summed E-state index contributed by atoms with van der Waals surface area (Å²) >= 11 is 5.81. The number of benzene rings is 4. The summed E-state index contributed by atoms with van der Waals surface area (Å²) < 4.78 is 10.8. The summed E-state index contributed by atoms with van der Waals surface area (Å²) in [7, 11) is 3.27. The standard InChI is InChI=1S/C28H25N3O3S/c1-33-20-14-11-19(12-15-20)25-17-24(22-16-13-18-7-3-4-8-21(18)27(22)32)30-31(25)28(35)29-23-9-5-6-10-26(23)34-2/h3-16,25,32H,17H2,1-2H3,(H,29,35). The molecule has 1 heterocycles. The van der Waals surface area contributed by atoms with Gasteiger partial charge in [0, 0.05) is 17.4 Å². The Labute approximate surface area is 209 Å². The summed E-state index contributed by atoms with van der Waals surface area (Å²) in [5.74, 6) is 1.69. The number of anilines is 1. The zero-order valence-corrected chi connectivity index (χ0v) is 20.3. The Bertz CT molecular complexity index is 1420. The van der Waals surface area contributed by atoms with Gasteiger partial charge in [-0.05, 0) is 53.5 Å². The van der Waals surface area contributed by atoms with Gasteiger partial charge in [0.2, 0.25) is 0 Å². The highest BCUT2D eigenvalue weighted by Crippen LogP contribution is 2.38. The molecule has 1 atom stereocenters. The smallest absolute Gasteiger partial charge is 0.194 e. The highest BCUT2D eigenvalue weighted by Gasteiger charge is 2.33. The third-order valence-electron chi connectivity index (χ3n) is 6.18. The molecule has 1 unspecified atom stereocenters. The highest BCUT2D eigenvalue weighted by atomic mass is 32.1. The second kappa shape index (κ2) is 9.64. The summed E-state index contributed by atoms with van der Waals surface area (Å²) in [5.41, 5.74) is 3.25. The van der Waals surface area contributed by atoms with Gasteiger partial charge in [0.15, 0.2) is 5.11 Å². The van der Waals surface area contributed by atoms with Crippen LogP contribution < -0.4 is 14.8 Å². The van der Waals surface area contributed by atoms with Crippen molar-refractivity contribution >= 4 is 39.5 Å². The third-order valence-corrected chi connectivity index (χ3v) is 6.47. The van der Waals surface area contributed by atoms with E-state index >= 15 is 0 Å². The van der Waals surface area contributed by atoms with E-state index in [4.69, 9.17) is 26.8 Å². The number of ether oxygens (including phenoxy) is 2. The van der Waals surface area contributed by atoms with Crippen LogP contribution >= 0.6 is 12.2 Å². The maximum Gasteiger partial charge on any atom is 0.194 e. The molecule has 0 aromatic heterocycles. The van der Waals surface area contributed by atoms with Gasteiger partial charge >= 0.3 is 0 Å². The Balaban J connectivity index is 1.53. The molecule has 176 valence electrons. The quantitative estimate of drug-likeness (QED) is 0.334. The fraction of sp³-hybridized carbons (Fsp3) is 0.143. The molecule has 0 saturated heterocycles. The lowest BCUT2D eigenvalue weighted by molar-refractivity contribution is 0.373. The molecule has 2 N–H and O–H groups in total. The topological polar surface area (TPSA) is 66.3 Å². The van der Waals surface area contributed by atoms with Crippen LogP contribution in [0.25, 0.3) is 10.8 Å². The summed E-state index contributed by atoms with van der Waals surface area (Å²) in [6.45, 7) is 0. The van der Waals surface area contributed by atoms with E-state index in [-0.39, 0.29) is 11.8 Å². The van der Waals surface area contributed by atoms with Gasteiger partial charge in [0.1, 0.15) is 17.2 Å². The van der Waals surface area contributed by atoms with Gasteiger partial charge in [0.25, 0.3) is 0 Å². The lowest BCUT2D eigenvalue weighted by atomic mass is 9.96. The first kappa shape index (κ1) is 22.7. The van der Waals surface area contributed by atoms with Crippen LogP contribution in [0.2, 0.25) is 0 Å². The van der Waals surface area contributed by atoms with Crippen LogP contribution in [0.15, 0.2) is 90.0 Å². The molecule has 1 aliphatic heterocycles. The summed E-state index contributed by atoms with van der Waals surface area (Å²) in [6.07, 6.45) is 0.575. The molecule has 0 saturated carbocycles. The monoisotopic (exact) mass is 483 g/mol. The number of nitrogens with zero attached hydrogens (tertiary/aromatic N) is 2. The molecule has 4 aromatic carbocycles. The molecule has 5 rings (SSSR count). The third kappa shape index (κ3) is 4.38. The van der Waals surface area contributed by atoms with E-state index in [1.165, 1.54) is 0 Å². The molecule has 0 aliphatic carbocycles. The van der Waals surface area contributed by atoms with Gasteiger partial charge in [0.05, 0.1) is 31.7 Å². The molecular formula is C28H25N3O3S. The molecule has 4 aromatic rings. The van der Waals surface area contributed by atoms with E-state index in [0.29, 0.717) is 22.8 Å². The number of hydrazone groups is 1. The minimum atomic E-state index is -0.156. The second-order valence-electron chi connectivity index (χ2n) is 8.20. The van der Waals surface area contributed by atoms with Crippen LogP contribution in [0, 0.1) is 0 Å². The molecular weight excluding hydrogens is 458 g/mol. The second-order valence-corrected chi connectivity index (χ2v) is 8.58. The Morgan fingerprint density at radius 2 is 1.69 bits per heavy atom. The summed E-state index contributed by atoms with van der Waals surface area (Å²) in [4.78, 5) is 0. The number of phenolic OH excluding ortho intramolecular Hbond substituents is 1. The molecule has 0 amide bonds. The average Bonchev–Trinajstić information content (AvgIpc) is 3.35. The number of fused-ring (bicyclic) bond motifs is 1. The van der Waals surface area contributed by atoms with Crippen molar-refractivity contribution in [1.29, 1.82) is 0 Å². The first-order valence-electron chi connectivity index (χ1n) is 11.2. The molecule has 7 heteroatoms. The number of aromatic hydroxyl groups is 1. The van der Waals surface area contributed by atoms with Crippen molar-refractivity contribution in [2.45, 2.75) is 12.5 Å². The molecule has 0 radical (unpaired) electrons. The zero-order valence-electron chi connectivity index (χ0n) is 19.4. The maximum absolute atomic E-state index is 11.1. The number of hydrogen-bond donors (Lipinski definition) is 2. The van der Waals surface area contributed by atoms with Gasteiger partial charge in [-0.3, -0.25) is 0 Å². The fourth-order valence-corrected chi connectivity index (χ4v) is 4.63. The number of methoxy groups -OCH3 is 2. The van der Waals surface area contributed by atoms with Crippen LogP contribution in [0.1, 0.15) is 23.6 Å². The number of hydrogen-bond acceptors (Lipinski definition) is 5. The molecule has 0 fully saturated rings. The van der Waals surface area contributed by atoms with E-state index in [1.807, 2.05) is 84.9 Å². The van der Waals surface area contributed by atoms with Gasteiger partial charge in [-0.15, -0.1) is 0 Å². The van der Waals surface area contributed by atoms with Crippen molar-refractivity contribution in [3.8, 4) is 17.2 Å². The lowest BCUT2D eigenvalue weighted by Crippen LogP contribution is -2.31. The molecule has 0 spiro atoms. The Morgan fingerprint density at radius 3 is 2.46 bits per heavy atom. The van der Waals surface area contributed by atoms with Crippen LogP contribution in [-0.4, -0.2) is 35.2 Å². The largest absolute Gasteiger partial charge is 0.507 e. The fourth-order valence-electron chi connectivity index (χ4n) is 4.35. The van der Waals surface area contributed by atoms with Crippen molar-refractivity contribution in [2.75, 3.05) is 19.5 Å². The van der Waals surface area contributed by atoms with E-state index in [0.717, 1.165) is 33.5 Å². The van der Waals surface area contributed by atoms with Crippen LogP contribution in [0.3, 0.4) is 0 Å². The van der Waals surface area contributed by atoms with Crippen molar-refractivity contribution < 1.29 is 14.6 Å². The van der Waals surface area contributed by atoms with Crippen LogP contribution in [0.4, 0.5) is 5.69 Å².